The molecule has 28 heavy (non-hydrogen) atoms. The van der Waals surface area contributed by atoms with Crippen molar-refractivity contribution in [2.24, 2.45) is 5.41 Å². The van der Waals surface area contributed by atoms with E-state index in [9.17, 15) is 9.90 Å². The molecular formula is C24H32N2O2. The van der Waals surface area contributed by atoms with Crippen LogP contribution in [0, 0.1) is 5.41 Å². The highest BCUT2D eigenvalue weighted by Crippen LogP contribution is 2.54. The van der Waals surface area contributed by atoms with Gasteiger partial charge in [-0.15, -0.1) is 0 Å². The Morgan fingerprint density at radius 3 is 2.57 bits per heavy atom. The Morgan fingerprint density at radius 1 is 1.25 bits per heavy atom. The molecule has 2 aromatic carbocycles. The van der Waals surface area contributed by atoms with Crippen molar-refractivity contribution >= 4 is 11.5 Å². The molecule has 0 radical (unpaired) electrons. The summed E-state index contributed by atoms with van der Waals surface area (Å²) in [4.78, 5) is 14.2. The Kier molecular flexibility index (Phi) is 6.09. The number of benzene rings is 2. The van der Waals surface area contributed by atoms with E-state index >= 15 is 0 Å². The minimum absolute atomic E-state index is 0.0904. The van der Waals surface area contributed by atoms with E-state index < -0.39 is 0 Å². The minimum atomic E-state index is 0.0904. The predicted molar refractivity (Wildman–Crippen MR) is 115 cm³/mol. The summed E-state index contributed by atoms with van der Waals surface area (Å²) in [5, 5.41) is 13.2. The number of phenols is 1. The lowest BCUT2D eigenvalue weighted by Crippen LogP contribution is -2.61. The van der Waals surface area contributed by atoms with Gasteiger partial charge in [-0.1, -0.05) is 31.2 Å². The molecule has 0 amide bonds. The van der Waals surface area contributed by atoms with Crippen LogP contribution < -0.4 is 5.32 Å². The van der Waals surface area contributed by atoms with Crippen LogP contribution in [0.25, 0.3) is 0 Å². The highest BCUT2D eigenvalue weighted by molar-refractivity contribution is 5.94. The number of hydrogen-bond acceptors (Lipinski definition) is 4. The monoisotopic (exact) mass is 380 g/mol. The van der Waals surface area contributed by atoms with E-state index in [4.69, 9.17) is 0 Å². The van der Waals surface area contributed by atoms with Crippen molar-refractivity contribution in [1.82, 2.24) is 4.90 Å². The number of rotatable bonds is 8. The molecule has 2 atom stereocenters. The number of nitrogens with zero attached hydrogens (tertiary/aromatic N) is 1. The maximum Gasteiger partial charge on any atom is 0.159 e. The van der Waals surface area contributed by atoms with Gasteiger partial charge in [-0.3, -0.25) is 9.69 Å². The molecule has 0 spiro atoms. The Labute approximate surface area is 168 Å². The van der Waals surface area contributed by atoms with Crippen LogP contribution in [-0.2, 0) is 0 Å². The molecule has 0 aromatic heterocycles. The molecule has 2 unspecified atom stereocenters. The van der Waals surface area contributed by atoms with Crippen LogP contribution in [0.4, 0.5) is 5.69 Å². The molecule has 150 valence electrons. The van der Waals surface area contributed by atoms with Crippen molar-refractivity contribution < 1.29 is 9.90 Å². The molecule has 2 N–H and O–H groups in total. The summed E-state index contributed by atoms with van der Waals surface area (Å²) in [5.41, 5.74) is 3.23. The number of carbonyl (C=O) groups excluding carboxylic acids is 1. The van der Waals surface area contributed by atoms with Gasteiger partial charge in [-0.2, -0.15) is 0 Å². The van der Waals surface area contributed by atoms with Crippen LogP contribution in [0.1, 0.15) is 62.5 Å². The Hall–Kier alpha value is -2.33. The van der Waals surface area contributed by atoms with Gasteiger partial charge in [0.15, 0.2) is 5.78 Å². The maximum absolute atomic E-state index is 11.6. The van der Waals surface area contributed by atoms with Crippen molar-refractivity contribution in [3.63, 3.8) is 0 Å². The Balaban J connectivity index is 1.73. The first-order valence-corrected chi connectivity index (χ1v) is 10.3. The molecule has 4 heteroatoms. The zero-order valence-electron chi connectivity index (χ0n) is 17.4. The average Bonchev–Trinajstić information content (AvgIpc) is 2.66. The molecule has 1 fully saturated rings. The first-order valence-electron chi connectivity index (χ1n) is 10.3. The van der Waals surface area contributed by atoms with Crippen LogP contribution in [0.2, 0.25) is 0 Å². The van der Waals surface area contributed by atoms with Crippen LogP contribution >= 0.6 is 0 Å². The number of phenolic OH excluding ortho intramolecular Hbond substituents is 1. The van der Waals surface area contributed by atoms with Crippen LogP contribution in [0.5, 0.6) is 5.75 Å². The smallest absolute Gasteiger partial charge is 0.159 e. The topological polar surface area (TPSA) is 52.6 Å². The van der Waals surface area contributed by atoms with Gasteiger partial charge in [-0.25, -0.2) is 0 Å². The molecule has 0 bridgehead atoms. The van der Waals surface area contributed by atoms with Crippen molar-refractivity contribution in [3.8, 4) is 5.75 Å². The van der Waals surface area contributed by atoms with Crippen molar-refractivity contribution in [3.05, 3.63) is 59.7 Å². The predicted octanol–water partition coefficient (Wildman–Crippen LogP) is 5.26. The summed E-state index contributed by atoms with van der Waals surface area (Å²) < 4.78 is 0. The van der Waals surface area contributed by atoms with Gasteiger partial charge in [-0.05, 0) is 63.4 Å². The molecule has 0 aliphatic carbocycles. The van der Waals surface area contributed by atoms with Gasteiger partial charge < -0.3 is 10.4 Å². The molecule has 1 aliphatic rings. The zero-order chi connectivity index (χ0) is 20.3. The molecule has 0 saturated carbocycles. The number of ketones is 1. The number of carbonyl (C=O) groups is 1. The third-order valence-electron chi connectivity index (χ3n) is 6.21. The van der Waals surface area contributed by atoms with Crippen molar-refractivity contribution in [2.75, 3.05) is 18.4 Å². The summed E-state index contributed by atoms with van der Waals surface area (Å²) in [6.07, 6.45) is 2.17. The fourth-order valence-corrected chi connectivity index (χ4v) is 4.46. The third kappa shape index (κ3) is 4.07. The molecule has 4 nitrogen and oxygen atoms in total. The summed E-state index contributed by atoms with van der Waals surface area (Å²) in [5.74, 6) is 0.404. The van der Waals surface area contributed by atoms with E-state index in [1.807, 2.05) is 24.3 Å². The minimum Gasteiger partial charge on any atom is -0.508 e. The van der Waals surface area contributed by atoms with Crippen molar-refractivity contribution in [2.45, 2.75) is 52.6 Å². The van der Waals surface area contributed by atoms with E-state index in [0.29, 0.717) is 17.8 Å². The van der Waals surface area contributed by atoms with Gasteiger partial charge in [0.25, 0.3) is 0 Å². The number of anilines is 1. The molecule has 1 heterocycles. The van der Waals surface area contributed by atoms with Gasteiger partial charge in [0.2, 0.25) is 0 Å². The van der Waals surface area contributed by atoms with E-state index in [-0.39, 0.29) is 11.2 Å². The fourth-order valence-electron chi connectivity index (χ4n) is 4.46. The van der Waals surface area contributed by atoms with E-state index in [2.05, 4.69) is 43.1 Å². The van der Waals surface area contributed by atoms with Crippen LogP contribution in [0.15, 0.2) is 48.5 Å². The van der Waals surface area contributed by atoms with Gasteiger partial charge >= 0.3 is 0 Å². The van der Waals surface area contributed by atoms with Gasteiger partial charge in [0.1, 0.15) is 5.75 Å². The van der Waals surface area contributed by atoms with E-state index in [0.717, 1.165) is 37.2 Å². The highest BCUT2D eigenvalue weighted by atomic mass is 16.3. The normalized spacial score (nSPS) is 22.1. The summed E-state index contributed by atoms with van der Waals surface area (Å²) in [6.45, 7) is 10.3. The second kappa shape index (κ2) is 8.36. The summed E-state index contributed by atoms with van der Waals surface area (Å²) in [6, 6.07) is 16.3. The highest BCUT2D eigenvalue weighted by Gasteiger charge is 2.52. The largest absolute Gasteiger partial charge is 0.508 e. The fraction of sp³-hybridized carbons (Fsp3) is 0.458. The quantitative estimate of drug-likeness (QED) is 0.614. The summed E-state index contributed by atoms with van der Waals surface area (Å²) >= 11 is 0. The maximum atomic E-state index is 11.6. The molecule has 3 rings (SSSR count). The molecule has 1 saturated heterocycles. The molecular weight excluding hydrogens is 348 g/mol. The van der Waals surface area contributed by atoms with E-state index in [1.165, 1.54) is 5.56 Å². The Bertz CT molecular complexity index is 816. The van der Waals surface area contributed by atoms with E-state index in [1.54, 1.807) is 19.1 Å². The first-order chi connectivity index (χ1) is 13.4. The van der Waals surface area contributed by atoms with Gasteiger partial charge in [0.05, 0.1) is 0 Å². The lowest BCUT2D eigenvalue weighted by Gasteiger charge is -2.60. The SMILES string of the molecule is CCC1(CCNc2cccc(C(C)=O)c2)CN(C(C)C)C1c1ccc(O)cc1. The number of nitrogens with one attached hydrogen (secondary N) is 1. The lowest BCUT2D eigenvalue weighted by atomic mass is 9.64. The molecule has 1 aliphatic heterocycles. The van der Waals surface area contributed by atoms with Crippen molar-refractivity contribution in [1.29, 1.82) is 0 Å². The number of aromatic hydroxyl groups is 1. The molecule has 2 aromatic rings. The van der Waals surface area contributed by atoms with Gasteiger partial charge in [0, 0.05) is 41.8 Å². The standard InChI is InChI=1S/C24H32N2O2/c1-5-24(13-14-25-21-8-6-7-20(15-21)18(4)27)16-26(17(2)3)23(24)19-9-11-22(28)12-10-19/h6-12,15,17,23,25,28H,5,13-14,16H2,1-4H3. The number of likely N-dealkylation sites (tertiary alicyclic amines) is 1. The zero-order valence-corrected chi connectivity index (χ0v) is 17.4. The second-order valence-electron chi connectivity index (χ2n) is 8.29. The summed E-state index contributed by atoms with van der Waals surface area (Å²) in [7, 11) is 0. The Morgan fingerprint density at radius 2 is 1.96 bits per heavy atom. The van der Waals surface area contributed by atoms with Crippen LogP contribution in [0.3, 0.4) is 0 Å². The second-order valence-corrected chi connectivity index (χ2v) is 8.29. The number of hydrogen-bond donors (Lipinski definition) is 2. The van der Waals surface area contributed by atoms with Crippen LogP contribution in [-0.4, -0.2) is 34.9 Å². The average molecular weight is 381 g/mol. The third-order valence-corrected chi connectivity index (χ3v) is 6.21. The number of Topliss-reactive ketones (excluding diaryl/α,β-unsaturated/α-hetero) is 1. The lowest BCUT2D eigenvalue weighted by molar-refractivity contribution is -0.103. The first kappa shape index (κ1) is 20.4.